The molecule has 4 saturated heterocycles. The van der Waals surface area contributed by atoms with E-state index in [1.807, 2.05) is 44.1 Å². The molecule has 8 rings (SSSR count). The van der Waals surface area contributed by atoms with Crippen LogP contribution in [-0.2, 0) is 4.74 Å². The van der Waals surface area contributed by atoms with Crippen LogP contribution in [0.1, 0.15) is 72.1 Å². The van der Waals surface area contributed by atoms with E-state index in [9.17, 15) is 4.79 Å². The maximum absolute atomic E-state index is 12.8. The number of hydrogen-bond acceptors (Lipinski definition) is 9. The molecule has 0 aromatic carbocycles. The first-order chi connectivity index (χ1) is 21.7. The molecular formula is C33H46N10O2. The summed E-state index contributed by atoms with van der Waals surface area (Å²) in [4.78, 5) is 43.5. The number of hydrogen-bond donors (Lipinski definition) is 3. The van der Waals surface area contributed by atoms with Crippen LogP contribution in [0, 0.1) is 0 Å². The van der Waals surface area contributed by atoms with Crippen molar-refractivity contribution in [2.24, 2.45) is 0 Å². The number of likely N-dealkylation sites (tertiary alicyclic amines) is 1. The van der Waals surface area contributed by atoms with Crippen LogP contribution >= 0.6 is 0 Å². The molecule has 240 valence electrons. The number of amides is 1. The highest BCUT2D eigenvalue weighted by molar-refractivity contribution is 5.88. The Labute approximate surface area is 264 Å². The van der Waals surface area contributed by atoms with Gasteiger partial charge >= 0.3 is 6.09 Å². The Morgan fingerprint density at radius 3 is 1.96 bits per heavy atom. The van der Waals surface area contributed by atoms with E-state index >= 15 is 0 Å². The summed E-state index contributed by atoms with van der Waals surface area (Å²) in [6.45, 7) is 11.6. The molecule has 1 amide bonds. The number of carbonyl (C=O) groups excluding carboxylic acids is 1. The van der Waals surface area contributed by atoms with Gasteiger partial charge in [0.2, 0.25) is 0 Å². The van der Waals surface area contributed by atoms with Gasteiger partial charge in [-0.15, -0.1) is 0 Å². The van der Waals surface area contributed by atoms with E-state index in [1.54, 1.807) is 12.7 Å². The molecule has 2 unspecified atom stereocenters. The number of ether oxygens (including phenoxy) is 1. The highest BCUT2D eigenvalue weighted by Gasteiger charge is 2.48. The summed E-state index contributed by atoms with van der Waals surface area (Å²) in [5, 5.41) is 5.89. The summed E-state index contributed by atoms with van der Waals surface area (Å²) in [6.07, 6.45) is 16.1. The second-order valence-corrected chi connectivity index (χ2v) is 14.2. The number of piperidine rings is 2. The maximum Gasteiger partial charge on any atom is 0.410 e. The molecule has 3 N–H and O–H groups in total. The van der Waals surface area contributed by atoms with Crippen LogP contribution in [0.3, 0.4) is 0 Å². The van der Waals surface area contributed by atoms with Crippen molar-refractivity contribution < 1.29 is 9.53 Å². The van der Waals surface area contributed by atoms with Gasteiger partial charge in [-0.3, -0.25) is 0 Å². The number of nitrogens with one attached hydrogen (secondary N) is 3. The number of H-pyrrole nitrogens is 2. The minimum absolute atomic E-state index is 0.159. The fourth-order valence-corrected chi connectivity index (χ4v) is 8.01. The Hall–Kier alpha value is -3.93. The Morgan fingerprint density at radius 2 is 1.36 bits per heavy atom. The molecule has 0 aliphatic carbocycles. The summed E-state index contributed by atoms with van der Waals surface area (Å²) in [5.41, 5.74) is 1.48. The van der Waals surface area contributed by atoms with Gasteiger partial charge in [0.25, 0.3) is 0 Å². The van der Waals surface area contributed by atoms with Gasteiger partial charge in [-0.1, -0.05) is 0 Å². The lowest BCUT2D eigenvalue weighted by Gasteiger charge is -2.46. The van der Waals surface area contributed by atoms with Crippen molar-refractivity contribution >= 4 is 39.8 Å². The van der Waals surface area contributed by atoms with Crippen LogP contribution in [0.2, 0.25) is 0 Å². The lowest BCUT2D eigenvalue weighted by atomic mass is 9.86. The van der Waals surface area contributed by atoms with E-state index in [4.69, 9.17) is 4.74 Å². The van der Waals surface area contributed by atoms with E-state index in [2.05, 4.69) is 51.1 Å². The fraction of sp³-hybridized carbons (Fsp3) is 0.606. The number of rotatable bonds is 2. The number of carbonyl (C=O) groups is 1. The zero-order valence-electron chi connectivity index (χ0n) is 26.8. The summed E-state index contributed by atoms with van der Waals surface area (Å²) in [5.74, 6) is 2.03. The first kappa shape index (κ1) is 29.8. The van der Waals surface area contributed by atoms with Gasteiger partial charge in [-0.25, -0.2) is 24.7 Å². The van der Waals surface area contributed by atoms with Crippen LogP contribution < -0.4 is 15.1 Å². The van der Waals surface area contributed by atoms with Crippen molar-refractivity contribution in [2.45, 2.75) is 88.8 Å². The Bertz CT molecular complexity index is 1640. The topological polar surface area (TPSA) is 131 Å². The predicted molar refractivity (Wildman–Crippen MR) is 176 cm³/mol. The summed E-state index contributed by atoms with van der Waals surface area (Å²) < 4.78 is 5.69. The van der Waals surface area contributed by atoms with Crippen molar-refractivity contribution in [1.29, 1.82) is 0 Å². The van der Waals surface area contributed by atoms with Gasteiger partial charge in [0, 0.05) is 50.7 Å². The Morgan fingerprint density at radius 1 is 0.778 bits per heavy atom. The predicted octanol–water partition coefficient (Wildman–Crippen LogP) is 5.01. The first-order valence-corrected chi connectivity index (χ1v) is 16.6. The molecule has 0 saturated carbocycles. The number of nitrogens with zero attached hydrogens (tertiary/aromatic N) is 7. The van der Waals surface area contributed by atoms with Gasteiger partial charge in [0.05, 0.1) is 16.3 Å². The molecule has 4 aliphatic rings. The molecule has 4 aromatic heterocycles. The van der Waals surface area contributed by atoms with Crippen molar-refractivity contribution in [2.75, 3.05) is 49.1 Å². The monoisotopic (exact) mass is 614 g/mol. The van der Waals surface area contributed by atoms with Crippen LogP contribution in [-0.4, -0.2) is 96.8 Å². The molecule has 4 fully saturated rings. The maximum atomic E-state index is 12.8. The third-order valence-electron chi connectivity index (χ3n) is 9.94. The van der Waals surface area contributed by atoms with E-state index < -0.39 is 5.60 Å². The minimum Gasteiger partial charge on any atom is -0.444 e. The number of fused-ring (bicyclic) bond motifs is 2. The standard InChI is InChI=1S/C19H27N5O2.C14H19N5/c1-18(2,3)26-17(25)24-11-5-8-19(24)7-4-10-23(12-19)16-14-6-9-20-15(14)21-13-22-16;1-4-14(18-6-1)5-2-8-19(9-14)13-11-3-7-15-12(11)16-10-17-13/h6,9,13H,4-5,7-8,10-12H2,1-3H3,(H,20,21,22);3,7,10,18H,1-2,4-6,8-9H2,(H,15,16,17). The zero-order valence-corrected chi connectivity index (χ0v) is 26.8. The van der Waals surface area contributed by atoms with E-state index in [0.717, 1.165) is 98.7 Å². The molecule has 4 aliphatic heterocycles. The Balaban J connectivity index is 0.000000151. The van der Waals surface area contributed by atoms with Crippen molar-refractivity contribution in [3.8, 4) is 0 Å². The van der Waals surface area contributed by atoms with E-state index in [0.29, 0.717) is 5.54 Å². The number of aromatic amines is 2. The van der Waals surface area contributed by atoms with Crippen molar-refractivity contribution in [1.82, 2.24) is 40.1 Å². The highest BCUT2D eigenvalue weighted by Crippen LogP contribution is 2.40. The van der Waals surface area contributed by atoms with Gasteiger partial charge < -0.3 is 34.7 Å². The second kappa shape index (κ2) is 11.8. The molecule has 2 spiro atoms. The molecule has 12 nitrogen and oxygen atoms in total. The highest BCUT2D eigenvalue weighted by atomic mass is 16.6. The SMILES string of the molecule is CC(C)(C)OC(=O)N1CCCC12CCCN(c1ncnc3[nH]ccc13)C2.c1nc(N2CCCC3(CCCN3)C2)c2cc[nH]c2n1. The lowest BCUT2D eigenvalue weighted by molar-refractivity contribution is 0.00520. The van der Waals surface area contributed by atoms with Gasteiger partial charge in [-0.05, 0) is 90.8 Å². The lowest BCUT2D eigenvalue weighted by Crippen LogP contribution is -2.58. The first-order valence-electron chi connectivity index (χ1n) is 16.6. The average Bonchev–Trinajstić information content (AvgIpc) is 3.84. The molecule has 8 heterocycles. The minimum atomic E-state index is -0.473. The second-order valence-electron chi connectivity index (χ2n) is 14.2. The summed E-state index contributed by atoms with van der Waals surface area (Å²) in [6, 6.07) is 4.10. The van der Waals surface area contributed by atoms with E-state index in [-0.39, 0.29) is 11.6 Å². The quantitative estimate of drug-likeness (QED) is 0.285. The van der Waals surface area contributed by atoms with Gasteiger partial charge in [-0.2, -0.15) is 0 Å². The Kier molecular flexibility index (Phi) is 7.79. The molecule has 45 heavy (non-hydrogen) atoms. The molecule has 4 aromatic rings. The van der Waals surface area contributed by atoms with Crippen LogP contribution in [0.15, 0.2) is 37.2 Å². The van der Waals surface area contributed by atoms with Crippen LogP contribution in [0.4, 0.5) is 16.4 Å². The van der Waals surface area contributed by atoms with Crippen molar-refractivity contribution in [3.63, 3.8) is 0 Å². The number of aromatic nitrogens is 6. The molecule has 0 radical (unpaired) electrons. The van der Waals surface area contributed by atoms with Crippen LogP contribution in [0.5, 0.6) is 0 Å². The molecule has 12 heteroatoms. The van der Waals surface area contributed by atoms with Crippen LogP contribution in [0.25, 0.3) is 22.1 Å². The third kappa shape index (κ3) is 5.92. The average molecular weight is 615 g/mol. The van der Waals surface area contributed by atoms with Crippen molar-refractivity contribution in [3.05, 3.63) is 37.2 Å². The van der Waals surface area contributed by atoms with Gasteiger partial charge in [0.15, 0.2) is 0 Å². The molecular weight excluding hydrogens is 568 g/mol. The molecule has 2 atom stereocenters. The number of anilines is 2. The van der Waals surface area contributed by atoms with E-state index in [1.165, 1.54) is 25.7 Å². The third-order valence-corrected chi connectivity index (χ3v) is 9.94. The normalized spacial score (nSPS) is 25.4. The molecule has 0 bridgehead atoms. The fourth-order valence-electron chi connectivity index (χ4n) is 8.01. The van der Waals surface area contributed by atoms with Gasteiger partial charge in [0.1, 0.15) is 41.2 Å². The largest absolute Gasteiger partial charge is 0.444 e. The summed E-state index contributed by atoms with van der Waals surface area (Å²) >= 11 is 0. The zero-order chi connectivity index (χ0) is 31.1. The smallest absolute Gasteiger partial charge is 0.410 e. The summed E-state index contributed by atoms with van der Waals surface area (Å²) in [7, 11) is 0.